The maximum absolute atomic E-state index is 11.2. The summed E-state index contributed by atoms with van der Waals surface area (Å²) < 4.78 is 5.60. The van der Waals surface area contributed by atoms with Crippen molar-refractivity contribution in [3.63, 3.8) is 0 Å². The molecule has 1 aliphatic rings. The lowest BCUT2D eigenvalue weighted by Crippen LogP contribution is -2.23. The molecule has 2 nitrogen and oxygen atoms in total. The van der Waals surface area contributed by atoms with E-state index < -0.39 is 5.60 Å². The summed E-state index contributed by atoms with van der Waals surface area (Å²) in [7, 11) is 0. The second-order valence-corrected chi connectivity index (χ2v) is 4.25. The first-order chi connectivity index (χ1) is 6.23. The zero-order valence-electron chi connectivity index (χ0n) is 7.58. The summed E-state index contributed by atoms with van der Waals surface area (Å²) in [5.74, 6) is 0.169. The molecule has 1 saturated carbocycles. The Morgan fingerprint density at radius 2 is 2.46 bits per heavy atom. The average molecular weight is 196 g/mol. The van der Waals surface area contributed by atoms with Crippen molar-refractivity contribution in [2.45, 2.75) is 32.0 Å². The first kappa shape index (κ1) is 8.91. The minimum absolute atomic E-state index is 0.169. The number of carbonyl (C=O) groups is 1. The molecule has 0 spiro atoms. The summed E-state index contributed by atoms with van der Waals surface area (Å²) in [6, 6.07) is 2.03. The van der Waals surface area contributed by atoms with E-state index in [1.165, 1.54) is 0 Å². The Labute approximate surface area is 81.5 Å². The maximum atomic E-state index is 11.2. The topological polar surface area (TPSA) is 26.3 Å². The molecule has 0 radical (unpaired) electrons. The van der Waals surface area contributed by atoms with E-state index in [0.717, 1.165) is 18.4 Å². The van der Waals surface area contributed by atoms with Gasteiger partial charge in [0, 0.05) is 0 Å². The van der Waals surface area contributed by atoms with E-state index in [0.29, 0.717) is 6.61 Å². The van der Waals surface area contributed by atoms with Crippen molar-refractivity contribution in [3.05, 3.63) is 22.4 Å². The molecular formula is C10H12O2S. The molecule has 1 fully saturated rings. The lowest BCUT2D eigenvalue weighted by molar-refractivity contribution is -0.132. The summed E-state index contributed by atoms with van der Waals surface area (Å²) in [6.07, 6.45) is 1.79. The van der Waals surface area contributed by atoms with Gasteiger partial charge in [0.25, 0.3) is 0 Å². The largest absolute Gasteiger partial charge is 0.363 e. The molecule has 1 aliphatic carbocycles. The summed E-state index contributed by atoms with van der Waals surface area (Å²) in [4.78, 5) is 11.2. The quantitative estimate of drug-likeness (QED) is 0.739. The lowest BCUT2D eigenvalue weighted by Gasteiger charge is -2.11. The van der Waals surface area contributed by atoms with Crippen molar-refractivity contribution in [1.82, 2.24) is 0 Å². The van der Waals surface area contributed by atoms with Crippen LogP contribution in [0, 0.1) is 0 Å². The highest BCUT2D eigenvalue weighted by atomic mass is 32.1. The van der Waals surface area contributed by atoms with E-state index in [-0.39, 0.29) is 5.78 Å². The highest BCUT2D eigenvalue weighted by Crippen LogP contribution is 2.41. The average Bonchev–Trinajstić information content (AvgIpc) is 2.73. The lowest BCUT2D eigenvalue weighted by atomic mass is 10.2. The van der Waals surface area contributed by atoms with Crippen LogP contribution in [0.15, 0.2) is 16.8 Å². The maximum Gasteiger partial charge on any atom is 0.161 e. The molecule has 13 heavy (non-hydrogen) atoms. The molecule has 0 atom stereocenters. The Kier molecular flexibility index (Phi) is 2.22. The van der Waals surface area contributed by atoms with Crippen LogP contribution in [-0.4, -0.2) is 11.4 Å². The van der Waals surface area contributed by atoms with Gasteiger partial charge < -0.3 is 4.74 Å². The molecule has 0 aliphatic heterocycles. The number of carbonyl (C=O) groups excluding carboxylic acids is 1. The van der Waals surface area contributed by atoms with E-state index in [4.69, 9.17) is 4.74 Å². The number of ether oxygens (including phenoxy) is 1. The minimum atomic E-state index is -0.415. The third-order valence-corrected chi connectivity index (χ3v) is 3.17. The van der Waals surface area contributed by atoms with Crippen LogP contribution in [0.2, 0.25) is 0 Å². The zero-order chi connectivity index (χ0) is 9.31. The molecule has 70 valence electrons. The van der Waals surface area contributed by atoms with Gasteiger partial charge in [-0.1, -0.05) is 0 Å². The van der Waals surface area contributed by atoms with Gasteiger partial charge >= 0.3 is 0 Å². The third-order valence-electron chi connectivity index (χ3n) is 2.44. The van der Waals surface area contributed by atoms with Gasteiger partial charge in [-0.25, -0.2) is 0 Å². The fourth-order valence-electron chi connectivity index (χ4n) is 1.31. The van der Waals surface area contributed by atoms with Gasteiger partial charge in [-0.05, 0) is 42.2 Å². The van der Waals surface area contributed by atoms with Gasteiger partial charge in [0.05, 0.1) is 6.61 Å². The fourth-order valence-corrected chi connectivity index (χ4v) is 1.96. The third kappa shape index (κ3) is 1.81. The molecule has 0 saturated heterocycles. The predicted octanol–water partition coefficient (Wildman–Crippen LogP) is 2.39. The summed E-state index contributed by atoms with van der Waals surface area (Å²) in [5, 5.41) is 4.07. The molecule has 1 aromatic heterocycles. The Morgan fingerprint density at radius 3 is 2.92 bits per heavy atom. The van der Waals surface area contributed by atoms with Crippen molar-refractivity contribution in [3.8, 4) is 0 Å². The summed E-state index contributed by atoms with van der Waals surface area (Å²) >= 11 is 1.65. The molecule has 0 aromatic carbocycles. The summed E-state index contributed by atoms with van der Waals surface area (Å²) in [6.45, 7) is 2.18. The Hall–Kier alpha value is -0.670. The fraction of sp³-hybridized carbons (Fsp3) is 0.500. The Balaban J connectivity index is 1.90. The molecule has 3 heteroatoms. The van der Waals surface area contributed by atoms with Crippen molar-refractivity contribution < 1.29 is 9.53 Å². The summed E-state index contributed by atoms with van der Waals surface area (Å²) in [5.41, 5.74) is 0.750. The second-order valence-electron chi connectivity index (χ2n) is 3.47. The second kappa shape index (κ2) is 3.24. The standard InChI is InChI=1S/C10H12O2S/c1-8(11)10(3-4-10)12-6-9-2-5-13-7-9/h2,5,7H,3-4,6H2,1H3. The van der Waals surface area contributed by atoms with Crippen LogP contribution >= 0.6 is 11.3 Å². The number of rotatable bonds is 4. The Bertz CT molecular complexity index is 299. The number of ketones is 1. The monoisotopic (exact) mass is 196 g/mol. The SMILES string of the molecule is CC(=O)C1(OCc2ccsc2)CC1. The molecule has 1 aromatic rings. The van der Waals surface area contributed by atoms with E-state index in [9.17, 15) is 4.79 Å². The highest BCUT2D eigenvalue weighted by Gasteiger charge is 2.48. The number of hydrogen-bond donors (Lipinski definition) is 0. The van der Waals surface area contributed by atoms with Gasteiger partial charge in [0.15, 0.2) is 5.78 Å². The van der Waals surface area contributed by atoms with Gasteiger partial charge in [-0.3, -0.25) is 4.79 Å². The van der Waals surface area contributed by atoms with Crippen LogP contribution < -0.4 is 0 Å². The molecule has 0 amide bonds. The number of Topliss-reactive ketones (excluding diaryl/α,β-unsaturated/α-hetero) is 1. The van der Waals surface area contributed by atoms with E-state index >= 15 is 0 Å². The van der Waals surface area contributed by atoms with Crippen LogP contribution in [0.25, 0.3) is 0 Å². The first-order valence-electron chi connectivity index (χ1n) is 4.39. The Morgan fingerprint density at radius 1 is 1.69 bits per heavy atom. The van der Waals surface area contributed by atoms with E-state index in [1.54, 1.807) is 18.3 Å². The van der Waals surface area contributed by atoms with Crippen LogP contribution in [0.3, 0.4) is 0 Å². The molecule has 1 heterocycles. The molecular weight excluding hydrogens is 184 g/mol. The van der Waals surface area contributed by atoms with Gasteiger partial charge in [0.1, 0.15) is 5.60 Å². The normalized spacial score (nSPS) is 18.5. The van der Waals surface area contributed by atoms with Gasteiger partial charge in [-0.15, -0.1) is 0 Å². The van der Waals surface area contributed by atoms with Gasteiger partial charge in [0.2, 0.25) is 0 Å². The van der Waals surface area contributed by atoms with Crippen molar-refractivity contribution in [1.29, 1.82) is 0 Å². The highest BCUT2D eigenvalue weighted by molar-refractivity contribution is 7.07. The molecule has 0 bridgehead atoms. The smallest absolute Gasteiger partial charge is 0.161 e. The van der Waals surface area contributed by atoms with Crippen LogP contribution in [0.4, 0.5) is 0 Å². The van der Waals surface area contributed by atoms with Crippen molar-refractivity contribution in [2.24, 2.45) is 0 Å². The molecule has 2 rings (SSSR count). The number of thiophene rings is 1. The van der Waals surface area contributed by atoms with Crippen LogP contribution in [0.1, 0.15) is 25.3 Å². The molecule has 0 unspecified atom stereocenters. The van der Waals surface area contributed by atoms with Crippen molar-refractivity contribution >= 4 is 17.1 Å². The van der Waals surface area contributed by atoms with E-state index in [2.05, 4.69) is 5.38 Å². The first-order valence-corrected chi connectivity index (χ1v) is 5.33. The van der Waals surface area contributed by atoms with E-state index in [1.807, 2.05) is 11.4 Å². The molecule has 0 N–H and O–H groups in total. The van der Waals surface area contributed by atoms with Crippen molar-refractivity contribution in [2.75, 3.05) is 0 Å². The predicted molar refractivity (Wildman–Crippen MR) is 51.8 cm³/mol. The minimum Gasteiger partial charge on any atom is -0.363 e. The van der Waals surface area contributed by atoms with Crippen LogP contribution in [-0.2, 0) is 16.1 Å². The van der Waals surface area contributed by atoms with Crippen LogP contribution in [0.5, 0.6) is 0 Å². The van der Waals surface area contributed by atoms with Gasteiger partial charge in [-0.2, -0.15) is 11.3 Å². The number of hydrogen-bond acceptors (Lipinski definition) is 3. The zero-order valence-corrected chi connectivity index (χ0v) is 8.39.